The van der Waals surface area contributed by atoms with Gasteiger partial charge >= 0.3 is 12.1 Å². The molecule has 1 saturated carbocycles. The van der Waals surface area contributed by atoms with E-state index in [1.807, 2.05) is 47.9 Å². The van der Waals surface area contributed by atoms with Crippen LogP contribution in [0.2, 0.25) is 0 Å². The van der Waals surface area contributed by atoms with Crippen molar-refractivity contribution in [2.24, 2.45) is 16.7 Å². The number of fused-ring (bicyclic) bond motifs is 1. The van der Waals surface area contributed by atoms with E-state index in [-0.39, 0.29) is 25.2 Å². The van der Waals surface area contributed by atoms with Gasteiger partial charge in [0.05, 0.1) is 43.0 Å². The zero-order valence-electron chi connectivity index (χ0n) is 33.4. The summed E-state index contributed by atoms with van der Waals surface area (Å²) < 4.78 is 32.8. The maximum atomic E-state index is 13.0. The fourth-order valence-electron chi connectivity index (χ4n) is 6.07. The summed E-state index contributed by atoms with van der Waals surface area (Å²) in [5.74, 6) is 5.42. The summed E-state index contributed by atoms with van der Waals surface area (Å²) in [4.78, 5) is 53.7. The number of nitrogens with zero attached hydrogens (tertiary/aromatic N) is 5. The Morgan fingerprint density at radius 1 is 1.02 bits per heavy atom. The summed E-state index contributed by atoms with van der Waals surface area (Å²) in [5, 5.41) is 14.2. The number of hydrogen-bond donors (Lipinski definition) is 2. The maximum Gasteiger partial charge on any atom is 0.510 e. The smallest absolute Gasteiger partial charge is 0.465 e. The van der Waals surface area contributed by atoms with Gasteiger partial charge in [0, 0.05) is 12.7 Å². The summed E-state index contributed by atoms with van der Waals surface area (Å²) in [6, 6.07) is 20.7. The highest BCUT2D eigenvalue weighted by atomic mass is 16.9. The summed E-state index contributed by atoms with van der Waals surface area (Å²) in [7, 11) is 1.46. The van der Waals surface area contributed by atoms with Crippen LogP contribution in [0, 0.1) is 10.1 Å². The SMILES string of the molecule is CCOc1nc2cccc(C(=O)OC(C)OC)c2n1Cc1ccc(-c2ccccc2/C(N)=N/N(N)COC(=O)OCCCCO[N+](=O)[O-])cc1.O=COC1CCCCC1. The Morgan fingerprint density at radius 3 is 2.42 bits per heavy atom. The minimum Gasteiger partial charge on any atom is -0.465 e. The predicted octanol–water partition coefficient (Wildman–Crippen LogP) is 5.69. The summed E-state index contributed by atoms with van der Waals surface area (Å²) in [6.07, 6.45) is 5.07. The second-order valence-electron chi connectivity index (χ2n) is 13.1. The first-order chi connectivity index (χ1) is 28.5. The lowest BCUT2D eigenvalue weighted by molar-refractivity contribution is -0.757. The van der Waals surface area contributed by atoms with Crippen LogP contribution in [0.15, 0.2) is 71.8 Å². The van der Waals surface area contributed by atoms with Gasteiger partial charge in [-0.2, -0.15) is 10.1 Å². The van der Waals surface area contributed by atoms with Crippen LogP contribution in [0.1, 0.15) is 80.3 Å². The van der Waals surface area contributed by atoms with E-state index in [0.717, 1.165) is 34.6 Å². The van der Waals surface area contributed by atoms with Crippen LogP contribution in [0.5, 0.6) is 6.01 Å². The molecule has 318 valence electrons. The monoisotopic (exact) mass is 821 g/mol. The fourth-order valence-corrected chi connectivity index (χ4v) is 6.07. The van der Waals surface area contributed by atoms with Crippen molar-refractivity contribution in [2.45, 2.75) is 77.7 Å². The molecule has 1 atom stereocenters. The number of ether oxygens (including phenoxy) is 6. The van der Waals surface area contributed by atoms with E-state index in [9.17, 15) is 24.5 Å². The summed E-state index contributed by atoms with van der Waals surface area (Å²) in [6.45, 7) is 4.22. The molecule has 1 heterocycles. The number of esters is 1. The van der Waals surface area contributed by atoms with Crippen molar-refractivity contribution in [1.82, 2.24) is 14.7 Å². The third kappa shape index (κ3) is 14.1. The lowest BCUT2D eigenvalue weighted by Crippen LogP contribution is -2.33. The van der Waals surface area contributed by atoms with Gasteiger partial charge in [-0.3, -0.25) is 9.36 Å². The Kier molecular flexibility index (Phi) is 18.2. The van der Waals surface area contributed by atoms with Crippen molar-refractivity contribution >= 4 is 35.5 Å². The van der Waals surface area contributed by atoms with Gasteiger partial charge in [0.15, 0.2) is 18.9 Å². The Labute approximate surface area is 341 Å². The van der Waals surface area contributed by atoms with Gasteiger partial charge in [-0.1, -0.05) is 61.0 Å². The molecule has 0 bridgehead atoms. The summed E-state index contributed by atoms with van der Waals surface area (Å²) >= 11 is 0. The molecule has 0 aliphatic heterocycles. The molecule has 4 aromatic rings. The minimum atomic E-state index is -0.987. The van der Waals surface area contributed by atoms with Crippen molar-refractivity contribution in [3.05, 3.63) is 93.5 Å². The average molecular weight is 822 g/mol. The van der Waals surface area contributed by atoms with E-state index in [2.05, 4.69) is 14.9 Å². The number of para-hydroxylation sites is 1. The number of imidazole rings is 1. The average Bonchev–Trinajstić information content (AvgIpc) is 3.58. The first-order valence-electron chi connectivity index (χ1n) is 19.1. The number of rotatable bonds is 20. The summed E-state index contributed by atoms with van der Waals surface area (Å²) in [5.41, 5.74) is 10.9. The molecular formula is C40H51N7O12. The van der Waals surface area contributed by atoms with Crippen molar-refractivity contribution in [1.29, 1.82) is 0 Å². The standard InChI is InChI=1S/C33H39N7O10.C7H12O2/c1-4-46-32-36-28-13-9-12-27(31(41)50-22(2)45-3)29(28)38(32)20-23-14-16-24(17-15-23)25-10-5-6-11-26(25)30(34)37-39(35)21-48-33(42)47-18-7-8-19-49-40(43)44;8-6-9-7-4-2-1-3-5-7/h5-6,9-17,22H,4,7-8,18-21,35H2,1-3H3,(H2,34,37);6-7H,1-5H2. The number of hydrogen-bond acceptors (Lipinski definition) is 16. The molecule has 19 heteroatoms. The third-order valence-electron chi connectivity index (χ3n) is 8.94. The van der Waals surface area contributed by atoms with E-state index in [4.69, 9.17) is 40.0 Å². The van der Waals surface area contributed by atoms with Crippen LogP contribution >= 0.6 is 0 Å². The Balaban J connectivity index is 0.000000753. The van der Waals surface area contributed by atoms with Gasteiger partial charge in [-0.05, 0) is 81.2 Å². The van der Waals surface area contributed by atoms with Gasteiger partial charge in [0.1, 0.15) is 6.10 Å². The topological polar surface area (TPSA) is 244 Å². The molecule has 0 radical (unpaired) electrons. The van der Waals surface area contributed by atoms with Crippen molar-refractivity contribution < 1.29 is 52.7 Å². The fraction of sp³-hybridized carbons (Fsp3) is 0.425. The van der Waals surface area contributed by atoms with Gasteiger partial charge in [0.25, 0.3) is 17.6 Å². The van der Waals surface area contributed by atoms with Gasteiger partial charge in [-0.15, -0.1) is 15.2 Å². The molecule has 59 heavy (non-hydrogen) atoms. The molecule has 3 aromatic carbocycles. The van der Waals surface area contributed by atoms with E-state index in [1.165, 1.54) is 26.4 Å². The minimum absolute atomic E-state index is 0.0153. The second kappa shape index (κ2) is 23.7. The number of nitrogens with two attached hydrogens (primary N) is 2. The Morgan fingerprint density at radius 2 is 1.73 bits per heavy atom. The second-order valence-corrected chi connectivity index (χ2v) is 13.1. The molecule has 0 spiro atoms. The molecule has 1 aromatic heterocycles. The van der Waals surface area contributed by atoms with Crippen LogP contribution in [0.4, 0.5) is 4.79 Å². The maximum absolute atomic E-state index is 13.0. The number of aromatic nitrogens is 2. The highest BCUT2D eigenvalue weighted by molar-refractivity contribution is 6.03. The Hall–Kier alpha value is -6.47. The number of hydrazone groups is 1. The third-order valence-corrected chi connectivity index (χ3v) is 8.94. The van der Waals surface area contributed by atoms with Gasteiger partial charge in [0.2, 0.25) is 0 Å². The number of carbonyl (C=O) groups is 3. The molecule has 0 amide bonds. The van der Waals surface area contributed by atoms with Crippen LogP contribution < -0.4 is 16.3 Å². The lowest BCUT2D eigenvalue weighted by Gasteiger charge is -2.18. The van der Waals surface area contributed by atoms with Crippen molar-refractivity contribution in [2.75, 3.05) is 33.7 Å². The van der Waals surface area contributed by atoms with Crippen LogP contribution in [0.25, 0.3) is 22.2 Å². The highest BCUT2D eigenvalue weighted by Gasteiger charge is 2.22. The van der Waals surface area contributed by atoms with E-state index >= 15 is 0 Å². The normalized spacial score (nSPS) is 13.3. The van der Waals surface area contributed by atoms with E-state index in [1.54, 1.807) is 37.3 Å². The molecule has 1 aliphatic carbocycles. The lowest BCUT2D eigenvalue weighted by atomic mass is 9.98. The number of amidine groups is 1. The van der Waals surface area contributed by atoms with Crippen LogP contribution in [-0.2, 0) is 39.9 Å². The molecule has 5 rings (SSSR count). The molecule has 4 N–H and O–H groups in total. The zero-order chi connectivity index (χ0) is 42.6. The van der Waals surface area contributed by atoms with Crippen LogP contribution in [-0.4, -0.2) is 90.2 Å². The van der Waals surface area contributed by atoms with Gasteiger partial charge in [-0.25, -0.2) is 15.4 Å². The van der Waals surface area contributed by atoms with Crippen molar-refractivity contribution in [3.8, 4) is 17.1 Å². The molecule has 1 unspecified atom stereocenters. The predicted molar refractivity (Wildman–Crippen MR) is 214 cm³/mol. The van der Waals surface area contributed by atoms with Crippen LogP contribution in [0.3, 0.4) is 0 Å². The first kappa shape index (κ1) is 45.2. The molecule has 1 fully saturated rings. The molecular weight excluding hydrogens is 770 g/mol. The zero-order valence-corrected chi connectivity index (χ0v) is 33.4. The van der Waals surface area contributed by atoms with E-state index in [0.29, 0.717) is 60.6 Å². The number of unbranched alkanes of at least 4 members (excludes halogenated alkanes) is 1. The van der Waals surface area contributed by atoms with E-state index < -0.39 is 30.2 Å². The quantitative estimate of drug-likeness (QED) is 0.0104. The Bertz CT molecular complexity index is 2000. The number of hydrazine groups is 1. The van der Waals surface area contributed by atoms with Crippen molar-refractivity contribution in [3.63, 3.8) is 0 Å². The molecule has 0 saturated heterocycles. The first-order valence-corrected chi connectivity index (χ1v) is 19.1. The largest absolute Gasteiger partial charge is 0.510 e. The number of carbonyl (C=O) groups excluding carboxylic acids is 3. The highest BCUT2D eigenvalue weighted by Crippen LogP contribution is 2.29. The number of methoxy groups -OCH3 is 1. The molecule has 1 aliphatic rings. The molecule has 19 nitrogen and oxygen atoms in total. The number of benzene rings is 3. The van der Waals surface area contributed by atoms with Gasteiger partial charge < -0.3 is 39.0 Å².